The highest BCUT2D eigenvalue weighted by Crippen LogP contribution is 2.28. The van der Waals surface area contributed by atoms with Gasteiger partial charge in [-0.15, -0.1) is 0 Å². The van der Waals surface area contributed by atoms with Crippen LogP contribution in [0.3, 0.4) is 0 Å². The van der Waals surface area contributed by atoms with E-state index < -0.39 is 0 Å². The molecule has 0 fully saturated rings. The van der Waals surface area contributed by atoms with Gasteiger partial charge < -0.3 is 5.32 Å². The molecule has 3 nitrogen and oxygen atoms in total. The fourth-order valence-electron chi connectivity index (χ4n) is 2.14. The van der Waals surface area contributed by atoms with Gasteiger partial charge in [-0.3, -0.25) is 4.68 Å². The molecule has 5 heteroatoms. The molecule has 0 aliphatic heterocycles. The van der Waals surface area contributed by atoms with Gasteiger partial charge in [0, 0.05) is 29.3 Å². The van der Waals surface area contributed by atoms with Crippen LogP contribution < -0.4 is 5.32 Å². The Bertz CT molecular complexity index is 551. The third-order valence-corrected chi connectivity index (χ3v) is 3.55. The van der Waals surface area contributed by atoms with Gasteiger partial charge in [-0.25, -0.2) is 0 Å². The van der Waals surface area contributed by atoms with E-state index in [1.807, 2.05) is 36.3 Å². The highest BCUT2D eigenvalue weighted by molar-refractivity contribution is 6.35. The zero-order valence-electron chi connectivity index (χ0n) is 11.0. The van der Waals surface area contributed by atoms with Gasteiger partial charge in [-0.05, 0) is 36.2 Å². The summed E-state index contributed by atoms with van der Waals surface area (Å²) in [5, 5.41) is 9.00. The van der Waals surface area contributed by atoms with Crippen LogP contribution >= 0.6 is 23.2 Å². The van der Waals surface area contributed by atoms with E-state index in [0.29, 0.717) is 10.0 Å². The molecule has 0 saturated heterocycles. The molecule has 0 spiro atoms. The quantitative estimate of drug-likeness (QED) is 0.913. The molecule has 0 amide bonds. The number of benzene rings is 1. The predicted octanol–water partition coefficient (Wildman–Crippen LogP) is 3.62. The number of nitrogens with zero attached hydrogens (tertiary/aromatic N) is 2. The van der Waals surface area contributed by atoms with E-state index >= 15 is 0 Å². The van der Waals surface area contributed by atoms with Crippen LogP contribution in [0, 0.1) is 0 Å². The van der Waals surface area contributed by atoms with E-state index in [4.69, 9.17) is 23.2 Å². The minimum Gasteiger partial charge on any atom is -0.310 e. The molecule has 0 aliphatic rings. The second kappa shape index (κ2) is 6.42. The van der Waals surface area contributed by atoms with Crippen molar-refractivity contribution in [3.05, 3.63) is 51.8 Å². The minimum atomic E-state index is 0.166. The average Bonchev–Trinajstić information content (AvgIpc) is 2.74. The molecule has 1 N–H and O–H groups in total. The maximum Gasteiger partial charge on any atom is 0.0522 e. The maximum atomic E-state index is 6.29. The summed E-state index contributed by atoms with van der Waals surface area (Å²) in [6.45, 7) is 2.96. The van der Waals surface area contributed by atoms with Crippen molar-refractivity contribution in [2.75, 3.05) is 6.54 Å². The van der Waals surface area contributed by atoms with Crippen molar-refractivity contribution in [1.82, 2.24) is 15.1 Å². The van der Waals surface area contributed by atoms with Gasteiger partial charge in [0.25, 0.3) is 0 Å². The van der Waals surface area contributed by atoms with Crippen LogP contribution in [0.2, 0.25) is 10.0 Å². The number of rotatable bonds is 5. The summed E-state index contributed by atoms with van der Waals surface area (Å²) in [7, 11) is 1.92. The topological polar surface area (TPSA) is 29.9 Å². The molecule has 0 radical (unpaired) electrons. The van der Waals surface area contributed by atoms with Gasteiger partial charge in [0.1, 0.15) is 0 Å². The highest BCUT2D eigenvalue weighted by Gasteiger charge is 2.15. The maximum absolute atomic E-state index is 6.29. The van der Waals surface area contributed by atoms with E-state index in [1.54, 1.807) is 6.07 Å². The standard InChI is InChI=1S/C14H17Cl2N3/c1-3-17-14(6-10-8-18-19(2)9-10)12-5-4-11(15)7-13(12)16/h4-5,7-9,14,17H,3,6H2,1-2H3. The monoisotopic (exact) mass is 297 g/mol. The molecular weight excluding hydrogens is 281 g/mol. The summed E-state index contributed by atoms with van der Waals surface area (Å²) in [4.78, 5) is 0. The Morgan fingerprint density at radius 3 is 2.74 bits per heavy atom. The molecule has 2 aromatic rings. The van der Waals surface area contributed by atoms with Gasteiger partial charge in [-0.1, -0.05) is 36.2 Å². The van der Waals surface area contributed by atoms with Gasteiger partial charge in [0.15, 0.2) is 0 Å². The van der Waals surface area contributed by atoms with Crippen molar-refractivity contribution in [2.45, 2.75) is 19.4 Å². The Kier molecular flexibility index (Phi) is 4.86. The highest BCUT2D eigenvalue weighted by atomic mass is 35.5. The summed E-state index contributed by atoms with van der Waals surface area (Å²) in [6, 6.07) is 5.80. The number of nitrogens with one attached hydrogen (secondary N) is 1. The molecule has 0 bridgehead atoms. The lowest BCUT2D eigenvalue weighted by Crippen LogP contribution is -2.23. The molecule has 1 heterocycles. The molecular formula is C14H17Cl2N3. The molecule has 2 rings (SSSR count). The zero-order valence-corrected chi connectivity index (χ0v) is 12.5. The number of aromatic nitrogens is 2. The van der Waals surface area contributed by atoms with Crippen LogP contribution in [-0.4, -0.2) is 16.3 Å². The summed E-state index contributed by atoms with van der Waals surface area (Å²) in [5.74, 6) is 0. The Morgan fingerprint density at radius 2 is 2.16 bits per heavy atom. The van der Waals surface area contributed by atoms with E-state index in [9.17, 15) is 0 Å². The zero-order chi connectivity index (χ0) is 13.8. The first-order chi connectivity index (χ1) is 9.10. The van der Waals surface area contributed by atoms with Gasteiger partial charge in [-0.2, -0.15) is 5.10 Å². The smallest absolute Gasteiger partial charge is 0.0522 e. The number of hydrogen-bond donors (Lipinski definition) is 1. The van der Waals surface area contributed by atoms with Crippen LogP contribution in [-0.2, 0) is 13.5 Å². The van der Waals surface area contributed by atoms with Crippen molar-refractivity contribution < 1.29 is 0 Å². The second-order valence-corrected chi connectivity index (χ2v) is 5.35. The third kappa shape index (κ3) is 3.72. The Balaban J connectivity index is 2.23. The van der Waals surface area contributed by atoms with E-state index in [0.717, 1.165) is 18.5 Å². The molecule has 102 valence electrons. The number of likely N-dealkylation sites (N-methyl/N-ethyl adjacent to an activating group) is 1. The van der Waals surface area contributed by atoms with Crippen LogP contribution in [0.15, 0.2) is 30.6 Å². The summed E-state index contributed by atoms with van der Waals surface area (Å²) >= 11 is 12.2. The fourth-order valence-corrected chi connectivity index (χ4v) is 2.68. The Hall–Kier alpha value is -1.03. The Labute approximate surface area is 123 Å². The van der Waals surface area contributed by atoms with Crippen LogP contribution in [0.1, 0.15) is 24.1 Å². The molecule has 1 atom stereocenters. The van der Waals surface area contributed by atoms with E-state index in [-0.39, 0.29) is 6.04 Å². The van der Waals surface area contributed by atoms with E-state index in [1.165, 1.54) is 5.56 Å². The number of aryl methyl sites for hydroxylation is 1. The lowest BCUT2D eigenvalue weighted by Gasteiger charge is -2.19. The lowest BCUT2D eigenvalue weighted by molar-refractivity contribution is 0.550. The van der Waals surface area contributed by atoms with Crippen molar-refractivity contribution in [1.29, 1.82) is 0 Å². The molecule has 1 aromatic heterocycles. The van der Waals surface area contributed by atoms with Crippen molar-refractivity contribution >= 4 is 23.2 Å². The first kappa shape index (κ1) is 14.4. The van der Waals surface area contributed by atoms with E-state index in [2.05, 4.69) is 17.3 Å². The number of halogens is 2. The average molecular weight is 298 g/mol. The summed E-state index contributed by atoms with van der Waals surface area (Å²) in [5.41, 5.74) is 2.25. The largest absolute Gasteiger partial charge is 0.310 e. The molecule has 19 heavy (non-hydrogen) atoms. The fraction of sp³-hybridized carbons (Fsp3) is 0.357. The first-order valence-corrected chi connectivity index (χ1v) is 7.01. The SMILES string of the molecule is CCNC(Cc1cnn(C)c1)c1ccc(Cl)cc1Cl. The second-order valence-electron chi connectivity index (χ2n) is 4.50. The summed E-state index contributed by atoms with van der Waals surface area (Å²) < 4.78 is 1.81. The van der Waals surface area contributed by atoms with Crippen LogP contribution in [0.4, 0.5) is 0 Å². The minimum absolute atomic E-state index is 0.166. The third-order valence-electron chi connectivity index (χ3n) is 2.99. The molecule has 1 aromatic carbocycles. The van der Waals surface area contributed by atoms with Gasteiger partial charge in [0.05, 0.1) is 6.20 Å². The van der Waals surface area contributed by atoms with Crippen molar-refractivity contribution in [3.63, 3.8) is 0 Å². The summed E-state index contributed by atoms with van der Waals surface area (Å²) in [6.07, 6.45) is 4.76. The van der Waals surface area contributed by atoms with Gasteiger partial charge >= 0.3 is 0 Å². The molecule has 1 unspecified atom stereocenters. The lowest BCUT2D eigenvalue weighted by atomic mass is 10.0. The normalized spacial score (nSPS) is 12.6. The molecule has 0 aliphatic carbocycles. The molecule has 0 saturated carbocycles. The number of hydrogen-bond acceptors (Lipinski definition) is 2. The van der Waals surface area contributed by atoms with Crippen molar-refractivity contribution in [2.24, 2.45) is 7.05 Å². The predicted molar refractivity (Wildman–Crippen MR) is 79.8 cm³/mol. The van der Waals surface area contributed by atoms with Crippen molar-refractivity contribution in [3.8, 4) is 0 Å². The van der Waals surface area contributed by atoms with Crippen LogP contribution in [0.25, 0.3) is 0 Å². The first-order valence-electron chi connectivity index (χ1n) is 6.26. The Morgan fingerprint density at radius 1 is 1.37 bits per heavy atom. The van der Waals surface area contributed by atoms with Gasteiger partial charge in [0.2, 0.25) is 0 Å². The van der Waals surface area contributed by atoms with Crippen LogP contribution in [0.5, 0.6) is 0 Å².